The van der Waals surface area contributed by atoms with E-state index in [0.717, 1.165) is 37.6 Å². The Bertz CT molecular complexity index is 1090. The Hall–Kier alpha value is -3.42. The van der Waals surface area contributed by atoms with E-state index in [1.54, 1.807) is 18.5 Å². The summed E-state index contributed by atoms with van der Waals surface area (Å²) >= 11 is 0. The second-order valence-corrected chi connectivity index (χ2v) is 7.87. The molecular weight excluding hydrogens is 368 g/mol. The number of aromatic nitrogens is 4. The van der Waals surface area contributed by atoms with Gasteiger partial charge in [-0.1, -0.05) is 17.7 Å². The monoisotopic (exact) mass is 390 g/mol. The smallest absolute Gasteiger partial charge is 0.256 e. The number of benzene rings is 1. The fraction of sp³-hybridized carbons (Fsp3) is 0.333. The molecule has 1 N–H and O–H groups in total. The third-order valence-corrected chi connectivity index (χ3v) is 5.88. The summed E-state index contributed by atoms with van der Waals surface area (Å²) in [4.78, 5) is 33.5. The molecule has 2 saturated heterocycles. The first-order valence-electron chi connectivity index (χ1n) is 9.79. The molecule has 0 saturated carbocycles. The maximum absolute atomic E-state index is 13.3. The van der Waals surface area contributed by atoms with Crippen LogP contribution in [0.1, 0.15) is 15.9 Å². The summed E-state index contributed by atoms with van der Waals surface area (Å²) < 4.78 is 0. The lowest BCUT2D eigenvalue weighted by Crippen LogP contribution is -2.34. The summed E-state index contributed by atoms with van der Waals surface area (Å²) in [7, 11) is 0. The van der Waals surface area contributed by atoms with E-state index in [1.807, 2.05) is 36.1 Å². The zero-order valence-electron chi connectivity index (χ0n) is 16.2. The van der Waals surface area contributed by atoms with Crippen LogP contribution in [0.15, 0.2) is 53.6 Å². The molecule has 148 valence electrons. The number of hydrogen-bond acceptors (Lipinski definition) is 5. The van der Waals surface area contributed by atoms with Crippen molar-refractivity contribution in [3.8, 4) is 5.69 Å². The molecule has 2 unspecified atom stereocenters. The third-order valence-electron chi connectivity index (χ3n) is 5.88. The first-order valence-corrected chi connectivity index (χ1v) is 9.79. The van der Waals surface area contributed by atoms with E-state index < -0.39 is 0 Å². The molecule has 29 heavy (non-hydrogen) atoms. The standard InChI is InChI=1S/C21H22N6O2/c1-14-5-6-18(27-22-7-8-23-27)17(9-14)21(29)26-12-15-10-25(11-16(15)13-26)19-3-2-4-20(28)24-19/h2-9,15-16H,10-13H2,1H3,(H,24,28). The molecular formula is C21H22N6O2. The Morgan fingerprint density at radius 1 is 1.03 bits per heavy atom. The van der Waals surface area contributed by atoms with Gasteiger partial charge in [-0.25, -0.2) is 0 Å². The van der Waals surface area contributed by atoms with Crippen molar-refractivity contribution in [1.82, 2.24) is 24.9 Å². The van der Waals surface area contributed by atoms with E-state index >= 15 is 0 Å². The summed E-state index contributed by atoms with van der Waals surface area (Å²) in [5.74, 6) is 1.68. The van der Waals surface area contributed by atoms with Crippen molar-refractivity contribution in [1.29, 1.82) is 0 Å². The minimum Gasteiger partial charge on any atom is -0.357 e. The van der Waals surface area contributed by atoms with E-state index in [4.69, 9.17) is 0 Å². The minimum absolute atomic E-state index is 0.0232. The molecule has 8 heteroatoms. The van der Waals surface area contributed by atoms with Gasteiger partial charge in [0.2, 0.25) is 5.56 Å². The van der Waals surface area contributed by atoms with Gasteiger partial charge < -0.3 is 14.8 Å². The number of rotatable bonds is 3. The molecule has 2 aromatic heterocycles. The van der Waals surface area contributed by atoms with Crippen LogP contribution in [0.3, 0.4) is 0 Å². The topological polar surface area (TPSA) is 87.1 Å². The molecule has 0 bridgehead atoms. The first-order chi connectivity index (χ1) is 14.1. The molecule has 1 amide bonds. The van der Waals surface area contributed by atoms with Crippen LogP contribution in [0.5, 0.6) is 0 Å². The van der Waals surface area contributed by atoms with E-state index in [9.17, 15) is 9.59 Å². The van der Waals surface area contributed by atoms with Crippen molar-refractivity contribution in [2.75, 3.05) is 31.1 Å². The molecule has 0 radical (unpaired) electrons. The highest BCUT2D eigenvalue weighted by molar-refractivity contribution is 5.98. The summed E-state index contributed by atoms with van der Waals surface area (Å²) in [6, 6.07) is 11.0. The number of carbonyl (C=O) groups excluding carboxylic acids is 1. The van der Waals surface area contributed by atoms with Gasteiger partial charge in [-0.2, -0.15) is 15.0 Å². The van der Waals surface area contributed by atoms with Crippen molar-refractivity contribution < 1.29 is 4.79 Å². The molecule has 4 heterocycles. The Labute approximate surface area is 167 Å². The number of nitrogens with one attached hydrogen (secondary N) is 1. The minimum atomic E-state index is -0.0874. The number of nitrogens with zero attached hydrogens (tertiary/aromatic N) is 5. The van der Waals surface area contributed by atoms with Gasteiger partial charge in [0.05, 0.1) is 23.6 Å². The molecule has 0 aliphatic carbocycles. The van der Waals surface area contributed by atoms with E-state index in [2.05, 4.69) is 20.1 Å². The van der Waals surface area contributed by atoms with Crippen LogP contribution in [-0.2, 0) is 0 Å². The zero-order chi connectivity index (χ0) is 20.0. The van der Waals surface area contributed by atoms with Crippen molar-refractivity contribution in [2.45, 2.75) is 6.92 Å². The second kappa shape index (κ2) is 6.88. The lowest BCUT2D eigenvalue weighted by Gasteiger charge is -2.23. The van der Waals surface area contributed by atoms with Gasteiger partial charge in [0.25, 0.3) is 5.91 Å². The van der Waals surface area contributed by atoms with Crippen LogP contribution >= 0.6 is 0 Å². The zero-order valence-corrected chi connectivity index (χ0v) is 16.2. The van der Waals surface area contributed by atoms with Crippen LogP contribution in [0.4, 0.5) is 5.82 Å². The average Bonchev–Trinajstić information content (AvgIpc) is 3.43. The van der Waals surface area contributed by atoms with Gasteiger partial charge in [-0.3, -0.25) is 9.59 Å². The molecule has 1 aromatic carbocycles. The molecule has 8 nitrogen and oxygen atoms in total. The number of anilines is 1. The van der Waals surface area contributed by atoms with Gasteiger partial charge in [-0.15, -0.1) is 0 Å². The number of carbonyl (C=O) groups is 1. The lowest BCUT2D eigenvalue weighted by atomic mass is 10.0. The number of aromatic amines is 1. The number of aryl methyl sites for hydroxylation is 1. The van der Waals surface area contributed by atoms with Gasteiger partial charge in [-0.05, 0) is 25.1 Å². The highest BCUT2D eigenvalue weighted by atomic mass is 16.2. The number of fused-ring (bicyclic) bond motifs is 1. The number of likely N-dealkylation sites (tertiary alicyclic amines) is 1. The summed E-state index contributed by atoms with van der Waals surface area (Å²) in [5.41, 5.74) is 2.27. The van der Waals surface area contributed by atoms with Gasteiger partial charge in [0.1, 0.15) is 5.82 Å². The normalized spacial score (nSPS) is 20.9. The SMILES string of the molecule is Cc1ccc(-n2nccn2)c(C(=O)N2CC3CN(c4cccc(=O)[nH]4)CC3C2)c1. The molecule has 2 atom stereocenters. The molecule has 3 aromatic rings. The highest BCUT2D eigenvalue weighted by Gasteiger charge is 2.42. The fourth-order valence-electron chi connectivity index (χ4n) is 4.48. The molecule has 0 spiro atoms. The summed E-state index contributed by atoms with van der Waals surface area (Å²) in [6.45, 7) is 5.11. The van der Waals surface area contributed by atoms with Crippen molar-refractivity contribution in [3.05, 3.63) is 70.3 Å². The molecule has 5 rings (SSSR count). The van der Waals surface area contributed by atoms with E-state index in [0.29, 0.717) is 23.1 Å². The predicted octanol–water partition coefficient (Wildman–Crippen LogP) is 1.47. The first kappa shape index (κ1) is 17.7. The van der Waals surface area contributed by atoms with E-state index in [1.165, 1.54) is 10.9 Å². The van der Waals surface area contributed by atoms with Gasteiger partial charge >= 0.3 is 0 Å². The summed E-state index contributed by atoms with van der Waals surface area (Å²) in [5, 5.41) is 8.39. The van der Waals surface area contributed by atoms with Crippen LogP contribution in [-0.4, -0.2) is 57.0 Å². The quantitative estimate of drug-likeness (QED) is 0.732. The maximum Gasteiger partial charge on any atom is 0.256 e. The predicted molar refractivity (Wildman–Crippen MR) is 108 cm³/mol. The average molecular weight is 390 g/mol. The second-order valence-electron chi connectivity index (χ2n) is 7.87. The Morgan fingerprint density at radius 2 is 1.76 bits per heavy atom. The summed E-state index contributed by atoms with van der Waals surface area (Å²) in [6.07, 6.45) is 3.22. The van der Waals surface area contributed by atoms with Crippen LogP contribution in [0.2, 0.25) is 0 Å². The van der Waals surface area contributed by atoms with Gasteiger partial charge in [0, 0.05) is 44.1 Å². The lowest BCUT2D eigenvalue weighted by molar-refractivity contribution is 0.0782. The highest BCUT2D eigenvalue weighted by Crippen LogP contribution is 2.34. The van der Waals surface area contributed by atoms with Crippen LogP contribution < -0.4 is 10.5 Å². The molecule has 2 aliphatic rings. The van der Waals surface area contributed by atoms with Crippen LogP contribution in [0, 0.1) is 18.8 Å². The largest absolute Gasteiger partial charge is 0.357 e. The van der Waals surface area contributed by atoms with Crippen LogP contribution in [0.25, 0.3) is 5.69 Å². The van der Waals surface area contributed by atoms with Gasteiger partial charge in [0.15, 0.2) is 0 Å². The van der Waals surface area contributed by atoms with E-state index in [-0.39, 0.29) is 11.5 Å². The Kier molecular flexibility index (Phi) is 4.19. The number of amides is 1. The maximum atomic E-state index is 13.3. The Morgan fingerprint density at radius 3 is 2.45 bits per heavy atom. The number of H-pyrrole nitrogens is 1. The Balaban J connectivity index is 1.34. The third kappa shape index (κ3) is 3.20. The number of pyridine rings is 1. The molecule has 2 fully saturated rings. The van der Waals surface area contributed by atoms with Crippen molar-refractivity contribution >= 4 is 11.7 Å². The molecule has 2 aliphatic heterocycles. The van der Waals surface area contributed by atoms with Crippen molar-refractivity contribution in [3.63, 3.8) is 0 Å². The van der Waals surface area contributed by atoms with Crippen molar-refractivity contribution in [2.24, 2.45) is 11.8 Å². The number of hydrogen-bond donors (Lipinski definition) is 1. The fourth-order valence-corrected chi connectivity index (χ4v) is 4.48.